The lowest BCUT2D eigenvalue weighted by Crippen LogP contribution is -2.03. The van der Waals surface area contributed by atoms with Crippen molar-refractivity contribution in [3.63, 3.8) is 0 Å². The summed E-state index contributed by atoms with van der Waals surface area (Å²) in [4.78, 5) is 36.5. The molecule has 0 aromatic heterocycles. The molecular formula is C10H15NO8. The highest BCUT2D eigenvalue weighted by Gasteiger charge is 1.74. The Balaban J connectivity index is -0.0000000793. The van der Waals surface area contributed by atoms with Gasteiger partial charge in [0.05, 0.1) is 0 Å². The van der Waals surface area contributed by atoms with Crippen LogP contribution in [0.2, 0.25) is 0 Å². The predicted molar refractivity (Wildman–Crippen MR) is 65.7 cm³/mol. The van der Waals surface area contributed by atoms with E-state index in [1.54, 1.807) is 0 Å². The van der Waals surface area contributed by atoms with Crippen molar-refractivity contribution in [3.8, 4) is 0 Å². The fraction of sp³-hybridized carbons (Fsp3) is 0. The van der Waals surface area contributed by atoms with E-state index in [-0.39, 0.29) is 0 Å². The van der Waals surface area contributed by atoms with Crippen LogP contribution in [0.25, 0.3) is 0 Å². The van der Waals surface area contributed by atoms with Crippen LogP contribution in [0.5, 0.6) is 0 Å². The Hall–Kier alpha value is -3.10. The van der Waals surface area contributed by atoms with Gasteiger partial charge in [-0.15, -0.1) is 0 Å². The molecule has 0 atom stereocenters. The van der Waals surface area contributed by atoms with Gasteiger partial charge in [0.15, 0.2) is 0 Å². The van der Waals surface area contributed by atoms with E-state index in [0.29, 0.717) is 0 Å². The molecule has 0 radical (unpaired) electrons. The molecule has 0 aromatic rings. The van der Waals surface area contributed by atoms with Crippen LogP contribution in [0.4, 0.5) is 4.79 Å². The highest BCUT2D eigenvalue weighted by Crippen LogP contribution is 1.55. The average Bonchev–Trinajstić information content (AvgIpc) is 2.29. The summed E-state index contributed by atoms with van der Waals surface area (Å²) in [6.45, 7) is 8.88. The monoisotopic (exact) mass is 277 g/mol. The second-order valence-electron chi connectivity index (χ2n) is 1.97. The summed E-state index contributed by atoms with van der Waals surface area (Å²) < 4.78 is 0. The summed E-state index contributed by atoms with van der Waals surface area (Å²) in [5.41, 5.74) is 4.03. The Morgan fingerprint density at radius 2 is 0.737 bits per heavy atom. The largest absolute Gasteiger partial charge is 0.478 e. The molecule has 0 spiro atoms. The third-order valence-corrected chi connectivity index (χ3v) is 0.524. The number of carboxylic acids is 3. The van der Waals surface area contributed by atoms with Gasteiger partial charge in [-0.05, 0) is 0 Å². The van der Waals surface area contributed by atoms with Crippen LogP contribution in [0.1, 0.15) is 0 Å². The summed E-state index contributed by atoms with van der Waals surface area (Å²) in [5.74, 6) is -2.94. The van der Waals surface area contributed by atoms with Crippen molar-refractivity contribution in [2.24, 2.45) is 5.73 Å². The van der Waals surface area contributed by atoms with Gasteiger partial charge in [0, 0.05) is 18.2 Å². The molecule has 6 N–H and O–H groups in total. The van der Waals surface area contributed by atoms with Gasteiger partial charge in [0.25, 0.3) is 0 Å². The molecule has 0 bridgehead atoms. The summed E-state index contributed by atoms with van der Waals surface area (Å²) in [7, 11) is 0. The van der Waals surface area contributed by atoms with Crippen LogP contribution in [0, 0.1) is 0 Å². The van der Waals surface area contributed by atoms with Crippen LogP contribution in [0.3, 0.4) is 0 Å². The van der Waals surface area contributed by atoms with Crippen molar-refractivity contribution < 1.29 is 39.6 Å². The molecule has 0 aromatic carbocycles. The minimum atomic E-state index is -1.33. The third kappa shape index (κ3) is 295. The first-order valence-corrected chi connectivity index (χ1v) is 4.09. The molecule has 108 valence electrons. The number of carbonyl (C=O) groups is 4. The number of aliphatic carboxylic acids is 3. The molecule has 0 fully saturated rings. The number of nitrogens with two attached hydrogens (primary N) is 1. The lowest BCUT2D eigenvalue weighted by atomic mass is 10.7. The second-order valence-corrected chi connectivity index (χ2v) is 1.97. The van der Waals surface area contributed by atoms with Gasteiger partial charge in [-0.25, -0.2) is 19.2 Å². The van der Waals surface area contributed by atoms with E-state index in [4.69, 9.17) is 25.2 Å². The maximum Gasteiger partial charge on any atom is 0.402 e. The highest BCUT2D eigenvalue weighted by atomic mass is 16.4. The van der Waals surface area contributed by atoms with Crippen LogP contribution < -0.4 is 5.73 Å². The standard InChI is InChI=1S/3C3H4O2.CH3NO2/c3*1-2-3(4)5;2-1(3)4/h3*2H,1H2,(H,4,5);2H2,(H,3,4). The number of primary amides is 1. The molecule has 9 nitrogen and oxygen atoms in total. The van der Waals surface area contributed by atoms with E-state index >= 15 is 0 Å². The van der Waals surface area contributed by atoms with Crippen molar-refractivity contribution in [1.82, 2.24) is 0 Å². The maximum absolute atomic E-state index is 9.25. The lowest BCUT2D eigenvalue weighted by molar-refractivity contribution is -0.132. The van der Waals surface area contributed by atoms with Crippen molar-refractivity contribution in [2.75, 3.05) is 0 Å². The van der Waals surface area contributed by atoms with Crippen molar-refractivity contribution in [2.45, 2.75) is 0 Å². The summed E-state index contributed by atoms with van der Waals surface area (Å²) in [5, 5.41) is 30.0. The summed E-state index contributed by atoms with van der Waals surface area (Å²) >= 11 is 0. The zero-order chi connectivity index (χ0) is 16.4. The van der Waals surface area contributed by atoms with Gasteiger partial charge in [0.1, 0.15) is 0 Å². The van der Waals surface area contributed by atoms with E-state index < -0.39 is 24.0 Å². The third-order valence-electron chi connectivity index (χ3n) is 0.524. The number of hydrogen-bond donors (Lipinski definition) is 5. The Bertz CT molecular complexity index is 288. The lowest BCUT2D eigenvalue weighted by Gasteiger charge is -1.64. The van der Waals surface area contributed by atoms with Gasteiger partial charge in [0.2, 0.25) is 0 Å². The van der Waals surface area contributed by atoms with Gasteiger partial charge in [-0.3, -0.25) is 0 Å². The summed E-state index contributed by atoms with van der Waals surface area (Å²) in [6.07, 6.45) is 1.17. The fourth-order valence-electron chi connectivity index (χ4n) is 0. The minimum Gasteiger partial charge on any atom is -0.478 e. The molecule has 0 saturated heterocycles. The van der Waals surface area contributed by atoms with Crippen LogP contribution in [0.15, 0.2) is 38.0 Å². The quantitative estimate of drug-likeness (QED) is 0.460. The highest BCUT2D eigenvalue weighted by molar-refractivity contribution is 5.79. The first kappa shape index (κ1) is 24.9. The molecule has 0 aliphatic heterocycles. The average molecular weight is 277 g/mol. The molecule has 1 amide bonds. The van der Waals surface area contributed by atoms with Crippen LogP contribution in [-0.2, 0) is 14.4 Å². The van der Waals surface area contributed by atoms with Crippen molar-refractivity contribution in [1.29, 1.82) is 0 Å². The molecule has 0 rings (SSSR count). The Morgan fingerprint density at radius 1 is 0.684 bits per heavy atom. The Labute approximate surface area is 108 Å². The zero-order valence-corrected chi connectivity index (χ0v) is 9.85. The number of hydrogen-bond acceptors (Lipinski definition) is 4. The molecule has 9 heteroatoms. The molecule has 0 aliphatic carbocycles. The number of amides is 1. The molecule has 0 unspecified atom stereocenters. The van der Waals surface area contributed by atoms with E-state index in [1.165, 1.54) is 0 Å². The van der Waals surface area contributed by atoms with E-state index in [1.807, 2.05) is 0 Å². The minimum absolute atomic E-state index is 0.833. The van der Waals surface area contributed by atoms with Crippen LogP contribution >= 0.6 is 0 Å². The Kier molecular flexibility index (Phi) is 26.7. The zero-order valence-electron chi connectivity index (χ0n) is 9.85. The Morgan fingerprint density at radius 3 is 0.737 bits per heavy atom. The number of rotatable bonds is 3. The SMILES string of the molecule is C=CC(=O)O.C=CC(=O)O.C=CC(=O)O.NC(=O)O. The van der Waals surface area contributed by atoms with E-state index in [2.05, 4.69) is 25.5 Å². The predicted octanol–water partition coefficient (Wildman–Crippen LogP) is 0.394. The fourth-order valence-corrected chi connectivity index (χ4v) is 0. The first-order valence-electron chi connectivity index (χ1n) is 4.09. The normalized spacial score (nSPS) is 6.32. The van der Waals surface area contributed by atoms with Gasteiger partial charge >= 0.3 is 24.0 Å². The number of carboxylic acid groups (broad SMARTS) is 4. The van der Waals surface area contributed by atoms with Gasteiger partial charge in [-0.1, -0.05) is 19.7 Å². The molecule has 0 aliphatic rings. The first-order chi connectivity index (χ1) is 8.54. The van der Waals surface area contributed by atoms with E-state index in [0.717, 1.165) is 18.2 Å². The van der Waals surface area contributed by atoms with E-state index in [9.17, 15) is 14.4 Å². The molecule has 0 heterocycles. The molecule has 0 saturated carbocycles. The molecule has 19 heavy (non-hydrogen) atoms. The topological polar surface area (TPSA) is 175 Å². The smallest absolute Gasteiger partial charge is 0.402 e. The summed E-state index contributed by atoms with van der Waals surface area (Å²) in [6, 6.07) is 0. The maximum atomic E-state index is 9.25. The van der Waals surface area contributed by atoms with Crippen molar-refractivity contribution in [3.05, 3.63) is 38.0 Å². The van der Waals surface area contributed by atoms with Gasteiger partial charge in [-0.2, -0.15) is 0 Å². The van der Waals surface area contributed by atoms with Gasteiger partial charge < -0.3 is 26.2 Å². The molecular weight excluding hydrogens is 262 g/mol. The van der Waals surface area contributed by atoms with Crippen molar-refractivity contribution >= 4 is 24.0 Å². The second kappa shape index (κ2) is 20.3. The van der Waals surface area contributed by atoms with Crippen LogP contribution in [-0.4, -0.2) is 44.4 Å².